The maximum absolute atomic E-state index is 11.8. The van der Waals surface area contributed by atoms with Gasteiger partial charge < -0.3 is 30.5 Å². The summed E-state index contributed by atoms with van der Waals surface area (Å²) in [7, 11) is 0. The molecule has 0 bridgehead atoms. The second-order valence-electron chi connectivity index (χ2n) is 6.92. The molecule has 0 aromatic rings. The lowest BCUT2D eigenvalue weighted by atomic mass is 10.0. The van der Waals surface area contributed by atoms with Crippen molar-refractivity contribution in [2.75, 3.05) is 6.61 Å². The van der Waals surface area contributed by atoms with Crippen molar-refractivity contribution in [2.45, 2.75) is 95.5 Å². The smallest absolute Gasteiger partial charge is 0.244 e. The van der Waals surface area contributed by atoms with Gasteiger partial charge in [0.25, 0.3) is 0 Å². The van der Waals surface area contributed by atoms with Crippen molar-refractivity contribution in [3.63, 3.8) is 0 Å². The van der Waals surface area contributed by atoms with Crippen LogP contribution in [-0.2, 0) is 9.59 Å². The van der Waals surface area contributed by atoms with Gasteiger partial charge in [-0.2, -0.15) is 0 Å². The highest BCUT2D eigenvalue weighted by atomic mass is 16.4. The molecule has 0 aromatic carbocycles. The summed E-state index contributed by atoms with van der Waals surface area (Å²) in [6, 6.07) is -1.37. The molecule has 4 atom stereocenters. The molecule has 0 fully saturated rings. The van der Waals surface area contributed by atoms with E-state index in [0.717, 1.165) is 19.3 Å². The highest BCUT2D eigenvalue weighted by Gasteiger charge is 2.31. The fourth-order valence-electron chi connectivity index (χ4n) is 2.72. The average molecular weight is 388 g/mol. The van der Waals surface area contributed by atoms with E-state index in [1.807, 2.05) is 0 Å². The number of amides is 1. The Morgan fingerprint density at radius 3 is 2.00 bits per heavy atom. The molecule has 0 saturated carbocycles. The molecular weight excluding hydrogens is 350 g/mol. The highest BCUT2D eigenvalue weighted by Crippen LogP contribution is 2.10. The number of carbonyl (C=O) groups is 2. The number of hydrogen-bond acceptors (Lipinski definition) is 6. The second-order valence-corrected chi connectivity index (χ2v) is 6.92. The Labute approximate surface area is 162 Å². The van der Waals surface area contributed by atoms with Crippen molar-refractivity contribution in [1.82, 2.24) is 5.32 Å². The summed E-state index contributed by atoms with van der Waals surface area (Å²) >= 11 is 0. The second kappa shape index (κ2) is 16.9. The zero-order valence-electron chi connectivity index (χ0n) is 16.4. The van der Waals surface area contributed by atoms with Crippen molar-refractivity contribution >= 4 is 12.2 Å². The third-order valence-corrected chi connectivity index (χ3v) is 4.50. The van der Waals surface area contributed by atoms with Gasteiger partial charge in [0.1, 0.15) is 30.6 Å². The van der Waals surface area contributed by atoms with Crippen LogP contribution in [0.2, 0.25) is 0 Å². The van der Waals surface area contributed by atoms with Crippen LogP contribution in [0.3, 0.4) is 0 Å². The van der Waals surface area contributed by atoms with E-state index in [2.05, 4.69) is 12.2 Å². The summed E-state index contributed by atoms with van der Waals surface area (Å²) in [6.07, 6.45) is 10.0. The third kappa shape index (κ3) is 12.7. The lowest BCUT2D eigenvalue weighted by Crippen LogP contribution is -2.53. The fraction of sp³-hybridized carbons (Fsp3) is 0.800. The molecule has 0 aliphatic carbocycles. The van der Waals surface area contributed by atoms with Gasteiger partial charge in [-0.25, -0.2) is 0 Å². The minimum absolute atomic E-state index is 0.282. The Morgan fingerprint density at radius 1 is 0.926 bits per heavy atom. The lowest BCUT2D eigenvalue weighted by Gasteiger charge is -2.25. The van der Waals surface area contributed by atoms with E-state index in [1.165, 1.54) is 51.0 Å². The van der Waals surface area contributed by atoms with Gasteiger partial charge >= 0.3 is 0 Å². The standard InChI is InChI=1S/C20H37NO6/c1-2-3-4-5-6-7-8-9-10-11-12-13-18(25)21-16(14-22)19(26)20(27)17(24)15-23/h12-14,16-17,19-20,23-24,26-27H,2-11,15H2,1H3,(H,21,25)/t16-,17+,19+,20+/m0/s1. The molecule has 0 radical (unpaired) electrons. The summed E-state index contributed by atoms with van der Waals surface area (Å²) < 4.78 is 0. The maximum atomic E-state index is 11.8. The van der Waals surface area contributed by atoms with Crippen LogP contribution in [0.5, 0.6) is 0 Å². The van der Waals surface area contributed by atoms with Crippen LogP contribution < -0.4 is 5.32 Å². The summed E-state index contributed by atoms with van der Waals surface area (Å²) in [6.45, 7) is 1.44. The van der Waals surface area contributed by atoms with Crippen LogP contribution >= 0.6 is 0 Å². The van der Waals surface area contributed by atoms with Gasteiger partial charge in [-0.15, -0.1) is 0 Å². The van der Waals surface area contributed by atoms with Crippen LogP contribution in [0.25, 0.3) is 0 Å². The number of nitrogens with one attached hydrogen (secondary N) is 1. The van der Waals surface area contributed by atoms with Crippen LogP contribution in [0.15, 0.2) is 12.2 Å². The number of unbranched alkanes of at least 4 members (excludes halogenated alkanes) is 9. The summed E-state index contributed by atoms with van der Waals surface area (Å²) in [4.78, 5) is 22.8. The molecule has 0 aliphatic heterocycles. The molecule has 0 aliphatic rings. The van der Waals surface area contributed by atoms with Crippen molar-refractivity contribution in [3.8, 4) is 0 Å². The third-order valence-electron chi connectivity index (χ3n) is 4.50. The molecule has 0 heterocycles. The number of hydrogen-bond donors (Lipinski definition) is 5. The fourth-order valence-corrected chi connectivity index (χ4v) is 2.72. The van der Waals surface area contributed by atoms with Gasteiger partial charge in [-0.3, -0.25) is 4.79 Å². The summed E-state index contributed by atoms with van der Waals surface area (Å²) in [5.74, 6) is -0.562. The first-order valence-corrected chi connectivity index (χ1v) is 10.0. The first kappa shape index (κ1) is 25.7. The van der Waals surface area contributed by atoms with Gasteiger partial charge in [0.05, 0.1) is 6.61 Å². The Morgan fingerprint density at radius 2 is 1.48 bits per heavy atom. The number of aliphatic hydroxyl groups excluding tert-OH is 4. The molecule has 0 saturated heterocycles. The van der Waals surface area contributed by atoms with Crippen molar-refractivity contribution in [1.29, 1.82) is 0 Å². The number of aliphatic hydroxyl groups is 4. The quantitative estimate of drug-likeness (QED) is 0.145. The van der Waals surface area contributed by atoms with E-state index in [9.17, 15) is 24.9 Å². The summed E-state index contributed by atoms with van der Waals surface area (Å²) in [5.41, 5.74) is 0. The molecule has 158 valence electrons. The number of allylic oxidation sites excluding steroid dienone is 1. The van der Waals surface area contributed by atoms with Crippen molar-refractivity contribution in [2.24, 2.45) is 0 Å². The highest BCUT2D eigenvalue weighted by molar-refractivity contribution is 5.89. The molecule has 0 aromatic heterocycles. The van der Waals surface area contributed by atoms with E-state index in [4.69, 9.17) is 5.11 Å². The molecule has 0 unspecified atom stereocenters. The van der Waals surface area contributed by atoms with Crippen molar-refractivity contribution < 1.29 is 30.0 Å². The minimum atomic E-state index is -1.74. The molecule has 5 N–H and O–H groups in total. The predicted molar refractivity (Wildman–Crippen MR) is 104 cm³/mol. The average Bonchev–Trinajstić information content (AvgIpc) is 2.68. The first-order chi connectivity index (χ1) is 13.0. The van der Waals surface area contributed by atoms with Gasteiger partial charge in [-0.1, -0.05) is 64.4 Å². The number of carbonyl (C=O) groups excluding carboxylic acids is 2. The predicted octanol–water partition coefficient (Wildman–Crippen LogP) is 1.22. The van der Waals surface area contributed by atoms with E-state index in [1.54, 1.807) is 6.08 Å². The van der Waals surface area contributed by atoms with Gasteiger partial charge in [-0.05, 0) is 18.9 Å². The van der Waals surface area contributed by atoms with E-state index < -0.39 is 36.9 Å². The first-order valence-electron chi connectivity index (χ1n) is 10.0. The van der Waals surface area contributed by atoms with Gasteiger partial charge in [0.2, 0.25) is 5.91 Å². The molecule has 0 rings (SSSR count). The van der Waals surface area contributed by atoms with Gasteiger partial charge in [0, 0.05) is 0 Å². The lowest BCUT2D eigenvalue weighted by molar-refractivity contribution is -0.128. The van der Waals surface area contributed by atoms with E-state index >= 15 is 0 Å². The summed E-state index contributed by atoms with van der Waals surface area (Å²) in [5, 5.41) is 39.7. The monoisotopic (exact) mass is 387 g/mol. The normalized spacial score (nSPS) is 16.0. The topological polar surface area (TPSA) is 127 Å². The van der Waals surface area contributed by atoms with E-state index in [0.29, 0.717) is 0 Å². The van der Waals surface area contributed by atoms with Gasteiger partial charge in [0.15, 0.2) is 0 Å². The van der Waals surface area contributed by atoms with Crippen LogP contribution in [0.4, 0.5) is 0 Å². The van der Waals surface area contributed by atoms with Crippen LogP contribution in [-0.4, -0.2) is 63.6 Å². The molecule has 1 amide bonds. The Balaban J connectivity index is 3.93. The zero-order chi connectivity index (χ0) is 20.5. The maximum Gasteiger partial charge on any atom is 0.244 e. The van der Waals surface area contributed by atoms with E-state index in [-0.39, 0.29) is 6.29 Å². The van der Waals surface area contributed by atoms with Crippen molar-refractivity contribution in [3.05, 3.63) is 12.2 Å². The Bertz CT molecular complexity index is 415. The number of rotatable bonds is 17. The molecule has 7 nitrogen and oxygen atoms in total. The Hall–Kier alpha value is -1.28. The largest absolute Gasteiger partial charge is 0.394 e. The molecule has 27 heavy (non-hydrogen) atoms. The minimum Gasteiger partial charge on any atom is -0.394 e. The Kier molecular flexibility index (Phi) is 16.1. The van der Waals surface area contributed by atoms with Crippen LogP contribution in [0, 0.1) is 0 Å². The molecular formula is C20H37NO6. The SMILES string of the molecule is CCCCCCCCCCCC=CC(=O)N[C@@H](C=O)[C@@H](O)[C@H](O)[C@H](O)CO. The van der Waals surface area contributed by atoms with Crippen LogP contribution in [0.1, 0.15) is 71.1 Å². The molecule has 0 spiro atoms. The molecule has 7 heteroatoms. The number of aldehydes is 1. The zero-order valence-corrected chi connectivity index (χ0v) is 16.4.